The molecule has 0 aromatic heterocycles. The summed E-state index contributed by atoms with van der Waals surface area (Å²) in [5.74, 6) is -0.863. The van der Waals surface area contributed by atoms with E-state index >= 15 is 0 Å². The first-order valence-electron chi connectivity index (χ1n) is 5.84. The van der Waals surface area contributed by atoms with Crippen molar-refractivity contribution in [3.8, 4) is 0 Å². The van der Waals surface area contributed by atoms with Gasteiger partial charge in [0.1, 0.15) is 0 Å². The van der Waals surface area contributed by atoms with Crippen molar-refractivity contribution in [2.24, 2.45) is 0 Å². The Hall–Kier alpha value is -2.44. The molecule has 1 aromatic carbocycles. The SMILES string of the molecule is CCC1(c2cccc([N+](=O)[O-])c2)C(=O)NCNC1=O. The Kier molecular flexibility index (Phi) is 3.20. The molecule has 1 saturated heterocycles. The molecule has 0 saturated carbocycles. The minimum atomic E-state index is -1.40. The quantitative estimate of drug-likeness (QED) is 0.469. The fourth-order valence-electron chi connectivity index (χ4n) is 2.28. The second-order valence-electron chi connectivity index (χ2n) is 4.25. The van der Waals surface area contributed by atoms with Gasteiger partial charge in [0.25, 0.3) is 5.69 Å². The average Bonchev–Trinajstić information content (AvgIpc) is 2.40. The highest BCUT2D eigenvalue weighted by molar-refractivity contribution is 6.12. The number of nitro benzene ring substituents is 1. The van der Waals surface area contributed by atoms with Crippen LogP contribution in [0.1, 0.15) is 18.9 Å². The number of nitro groups is 1. The highest BCUT2D eigenvalue weighted by atomic mass is 16.6. The molecule has 1 aliphatic heterocycles. The van der Waals surface area contributed by atoms with Crippen LogP contribution in [0, 0.1) is 10.1 Å². The molecule has 1 aliphatic rings. The van der Waals surface area contributed by atoms with Crippen LogP contribution in [-0.2, 0) is 15.0 Å². The molecule has 2 N–H and O–H groups in total. The molecule has 2 rings (SSSR count). The maximum absolute atomic E-state index is 12.1. The first-order valence-corrected chi connectivity index (χ1v) is 5.84. The van der Waals surface area contributed by atoms with Crippen LogP contribution in [0.15, 0.2) is 24.3 Å². The van der Waals surface area contributed by atoms with Gasteiger partial charge in [-0.15, -0.1) is 0 Å². The van der Waals surface area contributed by atoms with Crippen LogP contribution in [0.25, 0.3) is 0 Å². The summed E-state index contributed by atoms with van der Waals surface area (Å²) in [4.78, 5) is 34.4. The van der Waals surface area contributed by atoms with E-state index in [0.29, 0.717) is 5.56 Å². The lowest BCUT2D eigenvalue weighted by atomic mass is 9.75. The number of carbonyl (C=O) groups excluding carboxylic acids is 2. The molecule has 0 radical (unpaired) electrons. The van der Waals surface area contributed by atoms with E-state index in [1.54, 1.807) is 13.0 Å². The van der Waals surface area contributed by atoms with Crippen molar-refractivity contribution in [3.05, 3.63) is 39.9 Å². The lowest BCUT2D eigenvalue weighted by Gasteiger charge is -2.34. The van der Waals surface area contributed by atoms with Gasteiger partial charge in [0.2, 0.25) is 11.8 Å². The molecule has 0 aliphatic carbocycles. The van der Waals surface area contributed by atoms with Gasteiger partial charge in [-0.05, 0) is 12.0 Å². The Balaban J connectivity index is 2.57. The summed E-state index contributed by atoms with van der Waals surface area (Å²) in [6.07, 6.45) is 0.228. The minimum Gasteiger partial charge on any atom is -0.337 e. The number of rotatable bonds is 3. The van der Waals surface area contributed by atoms with Crippen molar-refractivity contribution in [2.45, 2.75) is 18.8 Å². The maximum atomic E-state index is 12.1. The maximum Gasteiger partial charge on any atom is 0.269 e. The molecule has 1 heterocycles. The molecule has 100 valence electrons. The summed E-state index contributed by atoms with van der Waals surface area (Å²) in [7, 11) is 0. The van der Waals surface area contributed by atoms with E-state index in [9.17, 15) is 19.7 Å². The Morgan fingerprint density at radius 2 is 1.95 bits per heavy atom. The van der Waals surface area contributed by atoms with E-state index in [1.165, 1.54) is 18.2 Å². The van der Waals surface area contributed by atoms with Gasteiger partial charge in [0, 0.05) is 12.1 Å². The third-order valence-corrected chi connectivity index (χ3v) is 3.35. The molecular formula is C12H13N3O4. The fraction of sp³-hybridized carbons (Fsp3) is 0.333. The highest BCUT2D eigenvalue weighted by Gasteiger charge is 2.48. The topological polar surface area (TPSA) is 101 Å². The zero-order chi connectivity index (χ0) is 14.0. The fourth-order valence-corrected chi connectivity index (χ4v) is 2.28. The monoisotopic (exact) mass is 263 g/mol. The van der Waals surface area contributed by atoms with E-state index in [-0.39, 0.29) is 18.8 Å². The van der Waals surface area contributed by atoms with E-state index in [2.05, 4.69) is 10.6 Å². The number of hydrogen-bond acceptors (Lipinski definition) is 4. The van der Waals surface area contributed by atoms with Gasteiger partial charge in [0.15, 0.2) is 5.41 Å². The number of nitrogens with zero attached hydrogens (tertiary/aromatic N) is 1. The van der Waals surface area contributed by atoms with Gasteiger partial charge in [-0.3, -0.25) is 19.7 Å². The zero-order valence-corrected chi connectivity index (χ0v) is 10.3. The predicted molar refractivity (Wildman–Crippen MR) is 66.2 cm³/mol. The van der Waals surface area contributed by atoms with E-state index < -0.39 is 22.2 Å². The van der Waals surface area contributed by atoms with Crippen LogP contribution in [0.4, 0.5) is 5.69 Å². The van der Waals surface area contributed by atoms with Crippen LogP contribution >= 0.6 is 0 Å². The number of nitrogens with one attached hydrogen (secondary N) is 2. The Morgan fingerprint density at radius 1 is 1.32 bits per heavy atom. The molecule has 0 atom stereocenters. The standard InChI is InChI=1S/C12H13N3O4/c1-2-12(10(16)13-7-14-11(12)17)8-4-3-5-9(6-8)15(18)19/h3-6H,2,7H2,1H3,(H,13,16)(H,14,17). The van der Waals surface area contributed by atoms with Crippen molar-refractivity contribution < 1.29 is 14.5 Å². The van der Waals surface area contributed by atoms with Crippen LogP contribution in [-0.4, -0.2) is 23.4 Å². The Labute approximate surface area is 109 Å². The second-order valence-corrected chi connectivity index (χ2v) is 4.25. The van der Waals surface area contributed by atoms with Crippen LogP contribution in [0.5, 0.6) is 0 Å². The third kappa shape index (κ3) is 1.92. The molecular weight excluding hydrogens is 250 g/mol. The first kappa shape index (κ1) is 13.0. The highest BCUT2D eigenvalue weighted by Crippen LogP contribution is 2.32. The molecule has 0 unspecified atom stereocenters. The van der Waals surface area contributed by atoms with Crippen molar-refractivity contribution in [3.63, 3.8) is 0 Å². The molecule has 19 heavy (non-hydrogen) atoms. The molecule has 1 fully saturated rings. The molecule has 0 bridgehead atoms. The summed E-state index contributed by atoms with van der Waals surface area (Å²) in [6, 6.07) is 5.63. The van der Waals surface area contributed by atoms with Gasteiger partial charge >= 0.3 is 0 Å². The van der Waals surface area contributed by atoms with Crippen molar-refractivity contribution in [1.82, 2.24) is 10.6 Å². The van der Waals surface area contributed by atoms with Crippen molar-refractivity contribution >= 4 is 17.5 Å². The van der Waals surface area contributed by atoms with Gasteiger partial charge in [0.05, 0.1) is 11.6 Å². The Bertz CT molecular complexity index is 540. The van der Waals surface area contributed by atoms with Gasteiger partial charge in [-0.1, -0.05) is 19.1 Å². The minimum absolute atomic E-state index is 0.0777. The van der Waals surface area contributed by atoms with Gasteiger partial charge < -0.3 is 10.6 Å². The Morgan fingerprint density at radius 3 is 2.47 bits per heavy atom. The van der Waals surface area contributed by atoms with E-state index in [4.69, 9.17) is 0 Å². The largest absolute Gasteiger partial charge is 0.337 e. The van der Waals surface area contributed by atoms with Gasteiger partial charge in [-0.2, -0.15) is 0 Å². The van der Waals surface area contributed by atoms with Gasteiger partial charge in [-0.25, -0.2) is 0 Å². The molecule has 7 nitrogen and oxygen atoms in total. The smallest absolute Gasteiger partial charge is 0.269 e. The lowest BCUT2D eigenvalue weighted by molar-refractivity contribution is -0.384. The third-order valence-electron chi connectivity index (χ3n) is 3.35. The molecule has 1 aromatic rings. The van der Waals surface area contributed by atoms with Crippen LogP contribution in [0.2, 0.25) is 0 Å². The molecule has 0 spiro atoms. The first-order chi connectivity index (χ1) is 9.02. The van der Waals surface area contributed by atoms with E-state index in [0.717, 1.165) is 0 Å². The number of amides is 2. The average molecular weight is 263 g/mol. The molecule has 7 heteroatoms. The zero-order valence-electron chi connectivity index (χ0n) is 10.3. The summed E-state index contributed by atoms with van der Waals surface area (Å²) in [6.45, 7) is 1.78. The summed E-state index contributed by atoms with van der Waals surface area (Å²) in [5, 5.41) is 15.9. The second kappa shape index (κ2) is 4.68. The van der Waals surface area contributed by atoms with Crippen molar-refractivity contribution in [2.75, 3.05) is 6.67 Å². The summed E-state index contributed by atoms with van der Waals surface area (Å²) in [5.41, 5.74) is -1.21. The summed E-state index contributed by atoms with van der Waals surface area (Å²) >= 11 is 0. The lowest BCUT2D eigenvalue weighted by Crippen LogP contribution is -2.62. The number of benzene rings is 1. The predicted octanol–water partition coefficient (Wildman–Crippen LogP) is 0.446. The van der Waals surface area contributed by atoms with Crippen LogP contribution < -0.4 is 10.6 Å². The van der Waals surface area contributed by atoms with Crippen molar-refractivity contribution in [1.29, 1.82) is 0 Å². The summed E-state index contributed by atoms with van der Waals surface area (Å²) < 4.78 is 0. The van der Waals surface area contributed by atoms with Crippen LogP contribution in [0.3, 0.4) is 0 Å². The number of hydrogen-bond donors (Lipinski definition) is 2. The molecule has 2 amide bonds. The number of non-ortho nitro benzene ring substituents is 1. The van der Waals surface area contributed by atoms with E-state index in [1.807, 2.05) is 0 Å². The number of carbonyl (C=O) groups is 2. The normalized spacial score (nSPS) is 17.5.